The summed E-state index contributed by atoms with van der Waals surface area (Å²) in [6, 6.07) is 0. The lowest BCUT2D eigenvalue weighted by atomic mass is 9.96. The Morgan fingerprint density at radius 3 is 2.85 bits per heavy atom. The lowest BCUT2D eigenvalue weighted by molar-refractivity contribution is -0.160. The van der Waals surface area contributed by atoms with Crippen LogP contribution in [0.1, 0.15) is 32.6 Å². The minimum Gasteiger partial charge on any atom is -0.452 e. The molecule has 2 atom stereocenters. The fraction of sp³-hybridized carbons (Fsp3) is 0.778. The maximum Gasteiger partial charge on any atom is 0.341 e. The van der Waals surface area contributed by atoms with Gasteiger partial charge in [0.15, 0.2) is 18.1 Å². The van der Waals surface area contributed by atoms with E-state index in [4.69, 9.17) is 4.74 Å². The van der Waals surface area contributed by atoms with Crippen molar-refractivity contribution >= 4 is 11.8 Å². The Morgan fingerprint density at radius 1 is 1.62 bits per heavy atom. The molecule has 0 heterocycles. The number of rotatable bonds is 2. The summed E-state index contributed by atoms with van der Waals surface area (Å²) in [4.78, 5) is 22.0. The van der Waals surface area contributed by atoms with Crippen LogP contribution in [0, 0.1) is 0 Å². The SMILES string of the molecule is CC(F)C(=O)OC1CCCCC1=O. The van der Waals surface area contributed by atoms with Gasteiger partial charge in [0, 0.05) is 6.42 Å². The van der Waals surface area contributed by atoms with Crippen LogP contribution in [-0.4, -0.2) is 24.0 Å². The molecule has 1 aliphatic carbocycles. The predicted octanol–water partition coefficient (Wildman–Crippen LogP) is 1.40. The van der Waals surface area contributed by atoms with Crippen molar-refractivity contribution in [3.05, 3.63) is 0 Å². The molecule has 1 aliphatic rings. The van der Waals surface area contributed by atoms with E-state index in [9.17, 15) is 14.0 Å². The van der Waals surface area contributed by atoms with E-state index in [-0.39, 0.29) is 5.78 Å². The van der Waals surface area contributed by atoms with Gasteiger partial charge in [-0.2, -0.15) is 0 Å². The van der Waals surface area contributed by atoms with Crippen molar-refractivity contribution < 1.29 is 18.7 Å². The third-order valence-electron chi connectivity index (χ3n) is 2.08. The van der Waals surface area contributed by atoms with Crippen LogP contribution in [0.3, 0.4) is 0 Å². The highest BCUT2D eigenvalue weighted by Gasteiger charge is 2.27. The van der Waals surface area contributed by atoms with Crippen LogP contribution >= 0.6 is 0 Å². The highest BCUT2D eigenvalue weighted by atomic mass is 19.1. The van der Waals surface area contributed by atoms with Gasteiger partial charge >= 0.3 is 5.97 Å². The number of carbonyl (C=O) groups excluding carboxylic acids is 2. The van der Waals surface area contributed by atoms with Crippen molar-refractivity contribution in [2.75, 3.05) is 0 Å². The van der Waals surface area contributed by atoms with Crippen LogP contribution < -0.4 is 0 Å². The molecule has 0 bridgehead atoms. The maximum absolute atomic E-state index is 12.4. The fourth-order valence-electron chi connectivity index (χ4n) is 1.31. The molecule has 1 saturated carbocycles. The number of ether oxygens (including phenoxy) is 1. The van der Waals surface area contributed by atoms with E-state index < -0.39 is 18.2 Å². The van der Waals surface area contributed by atoms with Gasteiger partial charge in [0.05, 0.1) is 0 Å². The molecule has 0 saturated heterocycles. The Bertz CT molecular complexity index is 213. The van der Waals surface area contributed by atoms with Gasteiger partial charge in [-0.15, -0.1) is 0 Å². The van der Waals surface area contributed by atoms with Crippen LogP contribution in [0.5, 0.6) is 0 Å². The van der Waals surface area contributed by atoms with Crippen molar-refractivity contribution in [2.45, 2.75) is 44.9 Å². The molecule has 1 fully saturated rings. The molecule has 1 rings (SSSR count). The highest BCUT2D eigenvalue weighted by molar-refractivity contribution is 5.86. The molecule has 2 unspecified atom stereocenters. The third-order valence-corrected chi connectivity index (χ3v) is 2.08. The first-order valence-corrected chi connectivity index (χ1v) is 4.48. The number of esters is 1. The molecule has 0 aliphatic heterocycles. The average molecular weight is 188 g/mol. The van der Waals surface area contributed by atoms with Crippen molar-refractivity contribution in [3.63, 3.8) is 0 Å². The second-order valence-electron chi connectivity index (χ2n) is 3.25. The van der Waals surface area contributed by atoms with Crippen LogP contribution in [-0.2, 0) is 14.3 Å². The highest BCUT2D eigenvalue weighted by Crippen LogP contribution is 2.18. The molecule has 0 aromatic rings. The molecule has 0 radical (unpaired) electrons. The normalized spacial score (nSPS) is 25.4. The Hall–Kier alpha value is -0.930. The second kappa shape index (κ2) is 4.35. The van der Waals surface area contributed by atoms with E-state index >= 15 is 0 Å². The third kappa shape index (κ3) is 2.79. The summed E-state index contributed by atoms with van der Waals surface area (Å²) in [5.74, 6) is -1.01. The van der Waals surface area contributed by atoms with E-state index in [1.54, 1.807) is 0 Å². The number of halogens is 1. The number of ketones is 1. The summed E-state index contributed by atoms with van der Waals surface area (Å²) in [7, 11) is 0. The second-order valence-corrected chi connectivity index (χ2v) is 3.25. The molecule has 0 aromatic carbocycles. The molecular formula is C9H13FO3. The molecular weight excluding hydrogens is 175 g/mol. The maximum atomic E-state index is 12.4. The number of carbonyl (C=O) groups is 2. The Morgan fingerprint density at radius 2 is 2.31 bits per heavy atom. The van der Waals surface area contributed by atoms with Gasteiger partial charge in [-0.1, -0.05) is 0 Å². The zero-order valence-electron chi connectivity index (χ0n) is 7.59. The first kappa shape index (κ1) is 10.2. The molecule has 0 aromatic heterocycles. The smallest absolute Gasteiger partial charge is 0.341 e. The lowest BCUT2D eigenvalue weighted by Crippen LogP contribution is -2.32. The molecule has 74 valence electrons. The molecule has 4 heteroatoms. The Balaban J connectivity index is 2.43. The summed E-state index contributed by atoms with van der Waals surface area (Å²) in [6.07, 6.45) is 0.354. The van der Waals surface area contributed by atoms with Crippen molar-refractivity contribution in [1.82, 2.24) is 0 Å². The zero-order valence-corrected chi connectivity index (χ0v) is 7.59. The van der Waals surface area contributed by atoms with Crippen LogP contribution in [0.4, 0.5) is 4.39 Å². The van der Waals surface area contributed by atoms with Gasteiger partial charge in [-0.05, 0) is 26.2 Å². The number of hydrogen-bond donors (Lipinski definition) is 0. The summed E-state index contributed by atoms with van der Waals surface area (Å²) >= 11 is 0. The molecule has 0 spiro atoms. The molecule has 13 heavy (non-hydrogen) atoms. The minimum absolute atomic E-state index is 0.0831. The van der Waals surface area contributed by atoms with Crippen LogP contribution in [0.15, 0.2) is 0 Å². The van der Waals surface area contributed by atoms with Gasteiger partial charge in [0.2, 0.25) is 0 Å². The number of hydrogen-bond acceptors (Lipinski definition) is 3. The number of alkyl halides is 1. The topological polar surface area (TPSA) is 43.4 Å². The predicted molar refractivity (Wildman–Crippen MR) is 43.9 cm³/mol. The van der Waals surface area contributed by atoms with E-state index in [1.807, 2.05) is 0 Å². The summed E-state index contributed by atoms with van der Waals surface area (Å²) in [5.41, 5.74) is 0. The van der Waals surface area contributed by atoms with Gasteiger partial charge in [-0.3, -0.25) is 4.79 Å². The Labute approximate surface area is 76.3 Å². The van der Waals surface area contributed by atoms with Gasteiger partial charge in [0.25, 0.3) is 0 Å². The Kier molecular flexibility index (Phi) is 3.39. The van der Waals surface area contributed by atoms with Crippen LogP contribution in [0.25, 0.3) is 0 Å². The lowest BCUT2D eigenvalue weighted by Gasteiger charge is -2.20. The quantitative estimate of drug-likeness (QED) is 0.615. The number of Topliss-reactive ketones (excluding diaryl/α,β-unsaturated/α-hetero) is 1. The monoisotopic (exact) mass is 188 g/mol. The summed E-state index contributed by atoms with van der Waals surface area (Å²) < 4.78 is 17.1. The van der Waals surface area contributed by atoms with Crippen molar-refractivity contribution in [2.24, 2.45) is 0 Å². The van der Waals surface area contributed by atoms with Crippen LogP contribution in [0.2, 0.25) is 0 Å². The average Bonchev–Trinajstić information content (AvgIpc) is 2.08. The van der Waals surface area contributed by atoms with Gasteiger partial charge in [0.1, 0.15) is 0 Å². The molecule has 0 N–H and O–H groups in total. The summed E-state index contributed by atoms with van der Waals surface area (Å²) in [5, 5.41) is 0. The van der Waals surface area contributed by atoms with Crippen molar-refractivity contribution in [1.29, 1.82) is 0 Å². The largest absolute Gasteiger partial charge is 0.452 e. The fourth-order valence-corrected chi connectivity index (χ4v) is 1.31. The first-order valence-electron chi connectivity index (χ1n) is 4.48. The zero-order chi connectivity index (χ0) is 9.84. The standard InChI is InChI=1S/C9H13FO3/c1-6(10)9(12)13-8-5-3-2-4-7(8)11/h6,8H,2-5H2,1H3. The van der Waals surface area contributed by atoms with Crippen molar-refractivity contribution in [3.8, 4) is 0 Å². The van der Waals surface area contributed by atoms with E-state index in [0.29, 0.717) is 12.8 Å². The first-order chi connectivity index (χ1) is 6.11. The summed E-state index contributed by atoms with van der Waals surface area (Å²) in [6.45, 7) is 1.11. The molecule has 3 nitrogen and oxygen atoms in total. The molecule has 0 amide bonds. The van der Waals surface area contributed by atoms with E-state index in [1.165, 1.54) is 0 Å². The minimum atomic E-state index is -1.64. The van der Waals surface area contributed by atoms with E-state index in [0.717, 1.165) is 19.8 Å². The van der Waals surface area contributed by atoms with Gasteiger partial charge in [-0.25, -0.2) is 9.18 Å². The van der Waals surface area contributed by atoms with Gasteiger partial charge < -0.3 is 4.74 Å². The van der Waals surface area contributed by atoms with E-state index in [2.05, 4.69) is 0 Å².